The van der Waals surface area contributed by atoms with E-state index in [0.717, 1.165) is 75.9 Å². The average Bonchev–Trinajstić information content (AvgIpc) is 3.03. The van der Waals surface area contributed by atoms with Crippen LogP contribution in [0, 0.1) is 0 Å². The van der Waals surface area contributed by atoms with Crippen molar-refractivity contribution >= 4 is 17.3 Å². The highest BCUT2D eigenvalue weighted by atomic mass is 32.1. The smallest absolute Gasteiger partial charge is 0.255 e. The molecule has 25 heavy (non-hydrogen) atoms. The predicted molar refractivity (Wildman–Crippen MR) is 102 cm³/mol. The van der Waals surface area contributed by atoms with E-state index in [1.807, 2.05) is 0 Å². The van der Waals surface area contributed by atoms with Crippen LogP contribution in [0.5, 0.6) is 0 Å². The monoisotopic (exact) mass is 359 g/mol. The first kappa shape index (κ1) is 16.8. The Hall–Kier alpha value is -1.70. The van der Waals surface area contributed by atoms with Crippen LogP contribution in [-0.4, -0.2) is 66.1 Å². The molecule has 0 unspecified atom stereocenters. The lowest BCUT2D eigenvalue weighted by molar-refractivity contribution is 0.281. The standard InChI is InChI=1S/C18H25N5OS/c1-21-8-10-23(11-9-21)18-19-16-5-7-22(13-14-3-2-12-25-14)6-4-15(16)17(24)20-18/h2-3,12H,4-11,13H2,1H3,(H,19,20,24). The largest absolute Gasteiger partial charge is 0.340 e. The fourth-order valence-electron chi connectivity index (χ4n) is 3.59. The van der Waals surface area contributed by atoms with Gasteiger partial charge in [-0.3, -0.25) is 14.7 Å². The van der Waals surface area contributed by atoms with Gasteiger partial charge in [-0.05, 0) is 24.9 Å². The predicted octanol–water partition coefficient (Wildman–Crippen LogP) is 1.18. The molecule has 2 aromatic rings. The molecule has 0 radical (unpaired) electrons. The summed E-state index contributed by atoms with van der Waals surface area (Å²) in [5.41, 5.74) is 1.93. The van der Waals surface area contributed by atoms with E-state index < -0.39 is 0 Å². The summed E-state index contributed by atoms with van der Waals surface area (Å²) in [5, 5.41) is 2.12. The molecule has 0 spiro atoms. The number of nitrogens with one attached hydrogen (secondary N) is 1. The normalized spacial score (nSPS) is 19.6. The van der Waals surface area contributed by atoms with Crippen molar-refractivity contribution in [2.75, 3.05) is 51.2 Å². The second kappa shape index (κ2) is 7.27. The molecule has 134 valence electrons. The molecule has 0 aromatic carbocycles. The minimum atomic E-state index is 0.0527. The topological polar surface area (TPSA) is 55.5 Å². The number of thiophene rings is 1. The van der Waals surface area contributed by atoms with Crippen LogP contribution >= 0.6 is 11.3 Å². The van der Waals surface area contributed by atoms with Gasteiger partial charge in [0.1, 0.15) is 0 Å². The van der Waals surface area contributed by atoms with E-state index in [4.69, 9.17) is 4.98 Å². The maximum Gasteiger partial charge on any atom is 0.255 e. The third kappa shape index (κ3) is 3.78. The summed E-state index contributed by atoms with van der Waals surface area (Å²) in [6.07, 6.45) is 1.64. The highest BCUT2D eigenvalue weighted by Crippen LogP contribution is 2.18. The Morgan fingerprint density at radius 3 is 2.72 bits per heavy atom. The minimum absolute atomic E-state index is 0.0527. The molecule has 7 heteroatoms. The quantitative estimate of drug-likeness (QED) is 0.892. The Kier molecular flexibility index (Phi) is 4.87. The SMILES string of the molecule is CN1CCN(c2nc3c(c(=O)[nH]2)CCN(Cc2cccs2)CC3)CC1. The average molecular weight is 359 g/mol. The number of piperazine rings is 1. The highest BCUT2D eigenvalue weighted by molar-refractivity contribution is 7.09. The number of likely N-dealkylation sites (N-methyl/N-ethyl adjacent to an activating group) is 1. The van der Waals surface area contributed by atoms with Crippen LogP contribution in [0.25, 0.3) is 0 Å². The molecule has 1 N–H and O–H groups in total. The Bertz CT molecular complexity index is 764. The van der Waals surface area contributed by atoms with Crippen LogP contribution in [0.1, 0.15) is 16.1 Å². The fourth-order valence-corrected chi connectivity index (χ4v) is 4.34. The maximum atomic E-state index is 12.6. The first-order chi connectivity index (χ1) is 12.2. The maximum absolute atomic E-state index is 12.6. The second-order valence-corrected chi connectivity index (χ2v) is 7.99. The van der Waals surface area contributed by atoms with Crippen LogP contribution in [0.2, 0.25) is 0 Å². The van der Waals surface area contributed by atoms with Gasteiger partial charge in [-0.1, -0.05) is 6.07 Å². The van der Waals surface area contributed by atoms with E-state index in [9.17, 15) is 4.79 Å². The second-order valence-electron chi connectivity index (χ2n) is 6.96. The number of hydrogen-bond acceptors (Lipinski definition) is 6. The molecule has 0 atom stereocenters. The van der Waals surface area contributed by atoms with E-state index in [1.165, 1.54) is 4.88 Å². The molecule has 0 amide bonds. The molecular formula is C18H25N5OS. The zero-order valence-electron chi connectivity index (χ0n) is 14.7. The van der Waals surface area contributed by atoms with Crippen LogP contribution in [0.15, 0.2) is 22.3 Å². The van der Waals surface area contributed by atoms with Gasteiger partial charge in [-0.15, -0.1) is 11.3 Å². The number of anilines is 1. The van der Waals surface area contributed by atoms with Gasteiger partial charge in [-0.25, -0.2) is 4.98 Å². The highest BCUT2D eigenvalue weighted by Gasteiger charge is 2.22. The first-order valence-corrected chi connectivity index (χ1v) is 9.87. The van der Waals surface area contributed by atoms with Crippen molar-refractivity contribution in [2.24, 2.45) is 0 Å². The number of hydrogen-bond donors (Lipinski definition) is 1. The molecule has 0 bridgehead atoms. The Morgan fingerprint density at radius 1 is 1.16 bits per heavy atom. The molecule has 6 nitrogen and oxygen atoms in total. The molecule has 0 aliphatic carbocycles. The lowest BCUT2D eigenvalue weighted by Crippen LogP contribution is -2.45. The number of H-pyrrole nitrogens is 1. The Labute approximate surface area is 152 Å². The van der Waals surface area contributed by atoms with E-state index in [1.54, 1.807) is 11.3 Å². The molecule has 4 rings (SSSR count). The summed E-state index contributed by atoms with van der Waals surface area (Å²) >= 11 is 1.80. The number of nitrogens with zero attached hydrogens (tertiary/aromatic N) is 4. The molecule has 1 saturated heterocycles. The van der Waals surface area contributed by atoms with E-state index in [0.29, 0.717) is 0 Å². The van der Waals surface area contributed by atoms with Crippen LogP contribution in [0.3, 0.4) is 0 Å². The third-order valence-electron chi connectivity index (χ3n) is 5.19. The number of aromatic nitrogens is 2. The summed E-state index contributed by atoms with van der Waals surface area (Å²) in [4.78, 5) is 28.8. The lowest BCUT2D eigenvalue weighted by atomic mass is 10.1. The van der Waals surface area contributed by atoms with Crippen molar-refractivity contribution in [2.45, 2.75) is 19.4 Å². The lowest BCUT2D eigenvalue weighted by Gasteiger charge is -2.32. The summed E-state index contributed by atoms with van der Waals surface area (Å²) in [6.45, 7) is 6.71. The Morgan fingerprint density at radius 2 is 1.96 bits per heavy atom. The van der Waals surface area contributed by atoms with Crippen molar-refractivity contribution in [3.8, 4) is 0 Å². The van der Waals surface area contributed by atoms with E-state index in [2.05, 4.69) is 44.2 Å². The summed E-state index contributed by atoms with van der Waals surface area (Å²) < 4.78 is 0. The van der Waals surface area contributed by atoms with Gasteiger partial charge in [0.15, 0.2) is 0 Å². The number of fused-ring (bicyclic) bond motifs is 1. The molecule has 2 aromatic heterocycles. The summed E-state index contributed by atoms with van der Waals surface area (Å²) in [6, 6.07) is 4.28. The fraction of sp³-hybridized carbons (Fsp3) is 0.556. The van der Waals surface area contributed by atoms with Gasteiger partial charge in [-0.2, -0.15) is 0 Å². The van der Waals surface area contributed by atoms with Gasteiger partial charge in [0, 0.05) is 62.7 Å². The number of aromatic amines is 1. The van der Waals surface area contributed by atoms with Crippen LogP contribution in [0.4, 0.5) is 5.95 Å². The molecule has 2 aliphatic rings. The Balaban J connectivity index is 1.50. The zero-order chi connectivity index (χ0) is 17.2. The summed E-state index contributed by atoms with van der Waals surface area (Å²) in [5.74, 6) is 0.753. The summed E-state index contributed by atoms with van der Waals surface area (Å²) in [7, 11) is 2.13. The molecule has 1 fully saturated rings. The zero-order valence-corrected chi connectivity index (χ0v) is 15.5. The minimum Gasteiger partial charge on any atom is -0.340 e. The van der Waals surface area contributed by atoms with Gasteiger partial charge in [0.2, 0.25) is 5.95 Å². The van der Waals surface area contributed by atoms with Gasteiger partial charge < -0.3 is 9.80 Å². The van der Waals surface area contributed by atoms with Crippen LogP contribution in [-0.2, 0) is 19.4 Å². The van der Waals surface area contributed by atoms with Crippen molar-refractivity contribution in [3.63, 3.8) is 0 Å². The van der Waals surface area contributed by atoms with Crippen molar-refractivity contribution in [1.82, 2.24) is 19.8 Å². The van der Waals surface area contributed by atoms with Gasteiger partial charge in [0.05, 0.1) is 5.69 Å². The van der Waals surface area contributed by atoms with Crippen molar-refractivity contribution in [1.29, 1.82) is 0 Å². The molecule has 2 aliphatic heterocycles. The first-order valence-electron chi connectivity index (χ1n) is 8.99. The third-order valence-corrected chi connectivity index (χ3v) is 6.06. The van der Waals surface area contributed by atoms with Crippen molar-refractivity contribution < 1.29 is 0 Å². The molecular weight excluding hydrogens is 334 g/mol. The van der Waals surface area contributed by atoms with Gasteiger partial charge >= 0.3 is 0 Å². The molecule has 0 saturated carbocycles. The van der Waals surface area contributed by atoms with E-state index in [-0.39, 0.29) is 5.56 Å². The van der Waals surface area contributed by atoms with E-state index >= 15 is 0 Å². The van der Waals surface area contributed by atoms with Crippen molar-refractivity contribution in [3.05, 3.63) is 44.0 Å². The number of rotatable bonds is 3. The van der Waals surface area contributed by atoms with Gasteiger partial charge in [0.25, 0.3) is 5.56 Å². The molecule has 4 heterocycles. The van der Waals surface area contributed by atoms with Crippen LogP contribution < -0.4 is 10.5 Å².